The molecule has 1 unspecified atom stereocenters. The topological polar surface area (TPSA) is 107 Å². The van der Waals surface area contributed by atoms with Crippen LogP contribution in [-0.4, -0.2) is 59.8 Å². The van der Waals surface area contributed by atoms with Gasteiger partial charge in [0.15, 0.2) is 5.69 Å². The van der Waals surface area contributed by atoms with Gasteiger partial charge in [-0.2, -0.15) is 0 Å². The summed E-state index contributed by atoms with van der Waals surface area (Å²) >= 11 is 1.56. The Kier molecular flexibility index (Phi) is 8.90. The van der Waals surface area contributed by atoms with Crippen LogP contribution in [0.25, 0.3) is 5.69 Å². The molecule has 2 N–H and O–H groups in total. The van der Waals surface area contributed by atoms with E-state index in [0.717, 1.165) is 4.88 Å². The molecular weight excluding hydrogens is 449 g/mol. The van der Waals surface area contributed by atoms with Crippen molar-refractivity contribution in [3.63, 3.8) is 0 Å². The first-order chi connectivity index (χ1) is 16.0. The molecule has 33 heavy (non-hydrogen) atoms. The Morgan fingerprint density at radius 3 is 2.79 bits per heavy atom. The Hall–Kier alpha value is -3.31. The number of alkyl halides is 1. The number of carbonyl (C=O) groups excluding carboxylic acids is 2. The Morgan fingerprint density at radius 2 is 2.06 bits per heavy atom. The molecule has 9 nitrogen and oxygen atoms in total. The highest BCUT2D eigenvalue weighted by molar-refractivity contribution is 7.10. The van der Waals surface area contributed by atoms with Crippen LogP contribution >= 0.6 is 11.3 Å². The maximum Gasteiger partial charge on any atom is 0.273 e. The zero-order chi connectivity index (χ0) is 23.6. The Morgan fingerprint density at radius 1 is 1.21 bits per heavy atom. The van der Waals surface area contributed by atoms with Gasteiger partial charge in [-0.25, -0.2) is 9.07 Å². The summed E-state index contributed by atoms with van der Waals surface area (Å²) in [5.74, 6) is -0.251. The fourth-order valence-electron chi connectivity index (χ4n) is 2.95. The molecule has 2 amide bonds. The molecule has 0 spiro atoms. The normalized spacial score (nSPS) is 11.7. The number of thiophene rings is 1. The number of aromatic nitrogens is 3. The average Bonchev–Trinajstić information content (AvgIpc) is 3.51. The monoisotopic (exact) mass is 475 g/mol. The summed E-state index contributed by atoms with van der Waals surface area (Å²) in [6.45, 7) is 3.94. The minimum atomic E-state index is -0.577. The van der Waals surface area contributed by atoms with Crippen molar-refractivity contribution in [2.75, 3.05) is 33.0 Å². The SMILES string of the molecule is CCNC(=O)c1ccc(-n2cc(C(=O)NC(C)c3cccs3)nn2)c(OCCOCCF)c1. The van der Waals surface area contributed by atoms with Crippen LogP contribution in [-0.2, 0) is 4.74 Å². The number of hydrogen-bond donors (Lipinski definition) is 2. The lowest BCUT2D eigenvalue weighted by Gasteiger charge is -2.13. The first kappa shape index (κ1) is 24.3. The van der Waals surface area contributed by atoms with Gasteiger partial charge in [-0.1, -0.05) is 11.3 Å². The molecule has 0 radical (unpaired) electrons. The lowest BCUT2D eigenvalue weighted by atomic mass is 10.1. The van der Waals surface area contributed by atoms with Crippen LogP contribution in [0.3, 0.4) is 0 Å². The van der Waals surface area contributed by atoms with E-state index in [0.29, 0.717) is 23.5 Å². The van der Waals surface area contributed by atoms with E-state index in [9.17, 15) is 14.0 Å². The molecule has 3 rings (SSSR count). The molecule has 2 aromatic heterocycles. The lowest BCUT2D eigenvalue weighted by molar-refractivity contribution is 0.0894. The van der Waals surface area contributed by atoms with E-state index in [1.165, 1.54) is 10.9 Å². The molecule has 0 aliphatic heterocycles. The maximum absolute atomic E-state index is 12.6. The molecule has 0 aliphatic rings. The zero-order valence-corrected chi connectivity index (χ0v) is 19.2. The quantitative estimate of drug-likeness (QED) is 0.390. The number of carbonyl (C=O) groups is 2. The van der Waals surface area contributed by atoms with Gasteiger partial charge in [0.05, 0.1) is 25.5 Å². The van der Waals surface area contributed by atoms with Crippen molar-refractivity contribution in [1.82, 2.24) is 25.6 Å². The smallest absolute Gasteiger partial charge is 0.273 e. The van der Waals surface area contributed by atoms with Crippen LogP contribution < -0.4 is 15.4 Å². The summed E-state index contributed by atoms with van der Waals surface area (Å²) in [6.07, 6.45) is 1.49. The van der Waals surface area contributed by atoms with Gasteiger partial charge in [0.25, 0.3) is 11.8 Å². The van der Waals surface area contributed by atoms with Crippen LogP contribution in [0.5, 0.6) is 5.75 Å². The highest BCUT2D eigenvalue weighted by Gasteiger charge is 2.18. The van der Waals surface area contributed by atoms with E-state index in [4.69, 9.17) is 9.47 Å². The largest absolute Gasteiger partial charge is 0.489 e. The van der Waals surface area contributed by atoms with Crippen molar-refractivity contribution in [2.45, 2.75) is 19.9 Å². The van der Waals surface area contributed by atoms with E-state index in [-0.39, 0.29) is 43.4 Å². The third-order valence-corrected chi connectivity index (χ3v) is 5.61. The molecule has 0 saturated heterocycles. The molecule has 0 bridgehead atoms. The molecule has 176 valence electrons. The van der Waals surface area contributed by atoms with Crippen LogP contribution in [0.15, 0.2) is 41.9 Å². The summed E-state index contributed by atoms with van der Waals surface area (Å²) in [5, 5.41) is 15.6. The summed E-state index contributed by atoms with van der Waals surface area (Å²) < 4.78 is 24.5. The summed E-state index contributed by atoms with van der Waals surface area (Å²) in [7, 11) is 0. The van der Waals surface area contributed by atoms with Crippen molar-refractivity contribution < 1.29 is 23.5 Å². The van der Waals surface area contributed by atoms with Gasteiger partial charge in [-0.3, -0.25) is 9.59 Å². The first-order valence-electron chi connectivity index (χ1n) is 10.5. The number of hydrogen-bond acceptors (Lipinski definition) is 7. The standard InChI is InChI=1S/C22H26FN5O4S/c1-3-24-21(29)16-6-7-18(19(13-16)32-11-10-31-9-8-23)28-14-17(26-27-28)22(30)25-15(2)20-5-4-12-33-20/h4-7,12-15H,3,8-11H2,1-2H3,(H,24,29)(H,25,30). The van der Waals surface area contributed by atoms with Gasteiger partial charge in [0.1, 0.15) is 24.7 Å². The minimum absolute atomic E-state index is 0.0133. The molecule has 3 aromatic rings. The minimum Gasteiger partial charge on any atom is -0.489 e. The van der Waals surface area contributed by atoms with Gasteiger partial charge in [-0.15, -0.1) is 16.4 Å². The van der Waals surface area contributed by atoms with E-state index < -0.39 is 6.67 Å². The van der Waals surface area contributed by atoms with Gasteiger partial charge >= 0.3 is 0 Å². The number of benzene rings is 1. The fraction of sp³-hybridized carbons (Fsp3) is 0.364. The van der Waals surface area contributed by atoms with Gasteiger partial charge in [0.2, 0.25) is 0 Å². The van der Waals surface area contributed by atoms with Crippen molar-refractivity contribution in [2.24, 2.45) is 0 Å². The average molecular weight is 476 g/mol. The Bertz CT molecular complexity index is 1060. The highest BCUT2D eigenvalue weighted by atomic mass is 32.1. The zero-order valence-electron chi connectivity index (χ0n) is 18.4. The van der Waals surface area contributed by atoms with Crippen LogP contribution in [0.1, 0.15) is 45.6 Å². The van der Waals surface area contributed by atoms with E-state index in [1.807, 2.05) is 31.4 Å². The summed E-state index contributed by atoms with van der Waals surface area (Å²) in [5.41, 5.74) is 1.04. The second-order valence-corrected chi connectivity index (χ2v) is 7.93. The van der Waals surface area contributed by atoms with E-state index in [1.54, 1.807) is 29.5 Å². The van der Waals surface area contributed by atoms with Crippen molar-refractivity contribution in [3.05, 3.63) is 58.0 Å². The fourth-order valence-corrected chi connectivity index (χ4v) is 3.69. The van der Waals surface area contributed by atoms with E-state index >= 15 is 0 Å². The van der Waals surface area contributed by atoms with Crippen molar-refractivity contribution in [1.29, 1.82) is 0 Å². The molecule has 0 saturated carbocycles. The number of halogens is 1. The third-order valence-electron chi connectivity index (χ3n) is 4.56. The number of rotatable bonds is 12. The summed E-state index contributed by atoms with van der Waals surface area (Å²) in [4.78, 5) is 25.9. The Labute approximate surface area is 194 Å². The van der Waals surface area contributed by atoms with Crippen LogP contribution in [0.4, 0.5) is 4.39 Å². The van der Waals surface area contributed by atoms with Crippen LogP contribution in [0.2, 0.25) is 0 Å². The Balaban J connectivity index is 1.78. The van der Waals surface area contributed by atoms with Gasteiger partial charge in [0, 0.05) is 17.0 Å². The predicted octanol–water partition coefficient (Wildman–Crippen LogP) is 2.93. The summed E-state index contributed by atoms with van der Waals surface area (Å²) in [6, 6.07) is 8.58. The lowest BCUT2D eigenvalue weighted by Crippen LogP contribution is -2.26. The van der Waals surface area contributed by atoms with E-state index in [2.05, 4.69) is 20.9 Å². The number of amides is 2. The second-order valence-electron chi connectivity index (χ2n) is 6.95. The number of ether oxygens (including phenoxy) is 2. The predicted molar refractivity (Wildman–Crippen MR) is 122 cm³/mol. The molecule has 0 aliphatic carbocycles. The molecule has 1 aromatic carbocycles. The third kappa shape index (κ3) is 6.59. The number of nitrogens with one attached hydrogen (secondary N) is 2. The second kappa shape index (κ2) is 12.1. The molecule has 11 heteroatoms. The molecular formula is C22H26FN5O4S. The van der Waals surface area contributed by atoms with Crippen molar-refractivity contribution >= 4 is 23.2 Å². The highest BCUT2D eigenvalue weighted by Crippen LogP contribution is 2.25. The molecule has 1 atom stereocenters. The molecule has 0 fully saturated rings. The van der Waals surface area contributed by atoms with Gasteiger partial charge in [-0.05, 0) is 43.5 Å². The first-order valence-corrected chi connectivity index (χ1v) is 11.4. The van der Waals surface area contributed by atoms with Gasteiger partial charge < -0.3 is 20.1 Å². The van der Waals surface area contributed by atoms with Crippen molar-refractivity contribution in [3.8, 4) is 11.4 Å². The number of nitrogens with zero attached hydrogens (tertiary/aromatic N) is 3. The molecule has 2 heterocycles. The van der Waals surface area contributed by atoms with Crippen LogP contribution in [0, 0.1) is 0 Å². The maximum atomic E-state index is 12.6.